The highest BCUT2D eigenvalue weighted by atomic mass is 32.1. The molecule has 1 aromatic carbocycles. The van der Waals surface area contributed by atoms with Gasteiger partial charge in [0.15, 0.2) is 10.6 Å². The lowest BCUT2D eigenvalue weighted by atomic mass is 9.82. The Balaban J connectivity index is 2.20. The van der Waals surface area contributed by atoms with Crippen LogP contribution < -0.4 is 0 Å². The highest BCUT2D eigenvalue weighted by Gasteiger charge is 2.27. The van der Waals surface area contributed by atoms with Gasteiger partial charge < -0.3 is 9.55 Å². The fourth-order valence-electron chi connectivity index (χ4n) is 3.48. The normalized spacial score (nSPS) is 23.4. The molecule has 3 rings (SSSR count). The topological polar surface area (TPSA) is 20.7 Å². The molecule has 1 heterocycles. The van der Waals surface area contributed by atoms with Crippen LogP contribution in [0, 0.1) is 22.3 Å². The Labute approximate surface area is 121 Å². The molecule has 1 aliphatic rings. The summed E-state index contributed by atoms with van der Waals surface area (Å²) in [6, 6.07) is 2.53. The number of fused-ring (bicyclic) bond motifs is 1. The minimum Gasteiger partial charge on any atom is -0.328 e. The average Bonchev–Trinajstić information content (AvgIpc) is 2.75. The van der Waals surface area contributed by atoms with Crippen LogP contribution in [-0.4, -0.2) is 9.55 Å². The van der Waals surface area contributed by atoms with Crippen molar-refractivity contribution < 1.29 is 8.78 Å². The number of imidazole rings is 1. The maximum atomic E-state index is 13.9. The van der Waals surface area contributed by atoms with Gasteiger partial charge in [-0.3, -0.25) is 0 Å². The molecule has 1 fully saturated rings. The zero-order chi connectivity index (χ0) is 14.3. The first-order valence-electron chi connectivity index (χ1n) is 7.21. The van der Waals surface area contributed by atoms with Gasteiger partial charge in [-0.05, 0) is 37.0 Å². The zero-order valence-corrected chi connectivity index (χ0v) is 12.3. The summed E-state index contributed by atoms with van der Waals surface area (Å²) < 4.78 is 29.8. The summed E-state index contributed by atoms with van der Waals surface area (Å²) in [6.45, 7) is 2.17. The van der Waals surface area contributed by atoms with Crippen molar-refractivity contribution in [3.63, 3.8) is 0 Å². The van der Waals surface area contributed by atoms with Crippen LogP contribution in [0.25, 0.3) is 11.0 Å². The molecule has 0 amide bonds. The van der Waals surface area contributed by atoms with Gasteiger partial charge in [0.05, 0.1) is 5.52 Å². The Morgan fingerprint density at radius 1 is 1.30 bits per heavy atom. The van der Waals surface area contributed by atoms with Crippen LogP contribution in [0.5, 0.6) is 0 Å². The number of halogens is 2. The third kappa shape index (κ3) is 2.18. The first-order valence-corrected chi connectivity index (χ1v) is 7.62. The quantitative estimate of drug-likeness (QED) is 0.763. The number of aromatic amines is 1. The van der Waals surface area contributed by atoms with Gasteiger partial charge in [0.1, 0.15) is 11.3 Å². The van der Waals surface area contributed by atoms with Crippen molar-refractivity contribution >= 4 is 23.3 Å². The highest BCUT2D eigenvalue weighted by molar-refractivity contribution is 7.71. The predicted molar refractivity (Wildman–Crippen MR) is 78.3 cm³/mol. The fraction of sp³-hybridized carbons (Fsp3) is 0.533. The molecule has 20 heavy (non-hydrogen) atoms. The molecule has 0 spiro atoms. The maximum absolute atomic E-state index is 13.9. The van der Waals surface area contributed by atoms with E-state index < -0.39 is 11.6 Å². The Bertz CT molecular complexity index is 689. The van der Waals surface area contributed by atoms with Crippen molar-refractivity contribution in [2.45, 2.75) is 45.1 Å². The van der Waals surface area contributed by atoms with E-state index in [1.807, 2.05) is 4.57 Å². The number of nitrogens with zero attached hydrogens (tertiary/aromatic N) is 1. The SMILES string of the molecule is CCC1CCCCC1n1c(=S)[nH]c2c(F)cc(F)cc21. The number of nitrogens with one attached hydrogen (secondary N) is 1. The number of aromatic nitrogens is 2. The number of hydrogen-bond donors (Lipinski definition) is 1. The van der Waals surface area contributed by atoms with Crippen LogP contribution in [0.3, 0.4) is 0 Å². The van der Waals surface area contributed by atoms with Crippen molar-refractivity contribution in [3.05, 3.63) is 28.5 Å². The molecule has 5 heteroatoms. The average molecular weight is 296 g/mol. The van der Waals surface area contributed by atoms with Crippen LogP contribution >= 0.6 is 12.2 Å². The van der Waals surface area contributed by atoms with Crippen LogP contribution in [0.15, 0.2) is 12.1 Å². The van der Waals surface area contributed by atoms with Crippen molar-refractivity contribution in [1.29, 1.82) is 0 Å². The third-order valence-electron chi connectivity index (χ3n) is 4.47. The van der Waals surface area contributed by atoms with E-state index in [9.17, 15) is 8.78 Å². The first-order chi connectivity index (χ1) is 9.61. The molecule has 2 nitrogen and oxygen atoms in total. The Morgan fingerprint density at radius 3 is 2.80 bits per heavy atom. The van der Waals surface area contributed by atoms with Crippen molar-refractivity contribution in [1.82, 2.24) is 9.55 Å². The Morgan fingerprint density at radius 2 is 2.05 bits per heavy atom. The molecule has 2 atom stereocenters. The van der Waals surface area contributed by atoms with E-state index in [2.05, 4.69) is 11.9 Å². The van der Waals surface area contributed by atoms with Crippen LogP contribution in [-0.2, 0) is 0 Å². The van der Waals surface area contributed by atoms with E-state index in [4.69, 9.17) is 12.2 Å². The van der Waals surface area contributed by atoms with Crippen LogP contribution in [0.4, 0.5) is 8.78 Å². The van der Waals surface area contributed by atoms with Gasteiger partial charge in [-0.1, -0.05) is 26.2 Å². The molecule has 2 aromatic rings. The molecule has 0 bridgehead atoms. The first kappa shape index (κ1) is 13.7. The van der Waals surface area contributed by atoms with Gasteiger partial charge >= 0.3 is 0 Å². The molecule has 1 N–H and O–H groups in total. The van der Waals surface area contributed by atoms with E-state index in [0.717, 1.165) is 31.7 Å². The fourth-order valence-corrected chi connectivity index (χ4v) is 3.82. The second-order valence-corrected chi connectivity index (χ2v) is 5.99. The van der Waals surface area contributed by atoms with E-state index in [1.54, 1.807) is 0 Å². The summed E-state index contributed by atoms with van der Waals surface area (Å²) in [6.07, 6.45) is 5.63. The van der Waals surface area contributed by atoms with Crippen molar-refractivity contribution in [2.24, 2.45) is 5.92 Å². The van der Waals surface area contributed by atoms with Gasteiger partial charge in [-0.25, -0.2) is 8.78 Å². The molecular weight excluding hydrogens is 278 g/mol. The zero-order valence-electron chi connectivity index (χ0n) is 11.5. The lowest BCUT2D eigenvalue weighted by Crippen LogP contribution is -2.22. The number of H-pyrrole nitrogens is 1. The number of rotatable bonds is 2. The molecule has 108 valence electrons. The molecular formula is C15H18F2N2S. The van der Waals surface area contributed by atoms with E-state index in [1.165, 1.54) is 12.5 Å². The molecule has 1 aliphatic carbocycles. The van der Waals surface area contributed by atoms with E-state index in [-0.39, 0.29) is 6.04 Å². The summed E-state index contributed by atoms with van der Waals surface area (Å²) in [5, 5.41) is 0. The lowest BCUT2D eigenvalue weighted by molar-refractivity contribution is 0.235. The number of benzene rings is 1. The molecule has 0 radical (unpaired) electrons. The summed E-state index contributed by atoms with van der Waals surface area (Å²) >= 11 is 5.36. The maximum Gasteiger partial charge on any atom is 0.178 e. The molecule has 2 unspecified atom stereocenters. The minimum atomic E-state index is -0.575. The van der Waals surface area contributed by atoms with Gasteiger partial charge in [-0.2, -0.15) is 0 Å². The van der Waals surface area contributed by atoms with Gasteiger partial charge in [0.2, 0.25) is 0 Å². The lowest BCUT2D eigenvalue weighted by Gasteiger charge is -2.32. The second-order valence-electron chi connectivity index (χ2n) is 5.60. The predicted octanol–water partition coefficient (Wildman–Crippen LogP) is 5.12. The third-order valence-corrected chi connectivity index (χ3v) is 4.77. The molecule has 1 saturated carbocycles. The summed E-state index contributed by atoms with van der Waals surface area (Å²) in [5.41, 5.74) is 0.870. The summed E-state index contributed by atoms with van der Waals surface area (Å²) in [5.74, 6) is -0.601. The van der Waals surface area contributed by atoms with E-state index in [0.29, 0.717) is 21.7 Å². The largest absolute Gasteiger partial charge is 0.328 e. The minimum absolute atomic E-state index is 0.246. The monoisotopic (exact) mass is 296 g/mol. The number of hydrogen-bond acceptors (Lipinski definition) is 1. The van der Waals surface area contributed by atoms with Gasteiger partial charge in [-0.15, -0.1) is 0 Å². The molecule has 0 saturated heterocycles. The van der Waals surface area contributed by atoms with Gasteiger partial charge in [0, 0.05) is 12.1 Å². The molecule has 1 aromatic heterocycles. The highest BCUT2D eigenvalue weighted by Crippen LogP contribution is 2.38. The summed E-state index contributed by atoms with van der Waals surface area (Å²) in [4.78, 5) is 2.90. The Hall–Kier alpha value is -1.23. The van der Waals surface area contributed by atoms with Crippen LogP contribution in [0.2, 0.25) is 0 Å². The van der Waals surface area contributed by atoms with Gasteiger partial charge in [0.25, 0.3) is 0 Å². The van der Waals surface area contributed by atoms with Crippen LogP contribution in [0.1, 0.15) is 45.1 Å². The second kappa shape index (κ2) is 5.28. The molecule has 0 aliphatic heterocycles. The van der Waals surface area contributed by atoms with Crippen molar-refractivity contribution in [2.75, 3.05) is 0 Å². The Kier molecular flexibility index (Phi) is 3.63. The van der Waals surface area contributed by atoms with E-state index >= 15 is 0 Å². The van der Waals surface area contributed by atoms with Crippen molar-refractivity contribution in [3.8, 4) is 0 Å². The standard InChI is InChI=1S/C15H18F2N2S/c1-2-9-5-3-4-6-12(9)19-13-8-10(16)7-11(17)14(13)18-15(19)20/h7-9,12H,2-6H2,1H3,(H,18,20). The smallest absolute Gasteiger partial charge is 0.178 e. The summed E-state index contributed by atoms with van der Waals surface area (Å²) in [7, 11) is 0.